The molecule has 2 N–H and O–H groups in total. The van der Waals surface area contributed by atoms with E-state index in [2.05, 4.69) is 26.6 Å². The summed E-state index contributed by atoms with van der Waals surface area (Å²) in [5, 5.41) is 6.72. The third-order valence-electron chi connectivity index (χ3n) is 4.20. The zero-order valence-electron chi connectivity index (χ0n) is 15.5. The van der Waals surface area contributed by atoms with Gasteiger partial charge >= 0.3 is 0 Å². The molecule has 7 heteroatoms. The molecule has 0 atom stereocenters. The standard InChI is InChI=1S/C18H30N4O2.HI/c1-19-18(21-14-15-6-4-5-7-17(15)24-3)20-10-11-22(12-13-23-2)16-8-9-16;/h4-7,16H,8-14H2,1-3H3,(H2,19,20,21);1H. The Morgan fingerprint density at radius 3 is 2.60 bits per heavy atom. The Morgan fingerprint density at radius 2 is 1.96 bits per heavy atom. The number of guanidine groups is 1. The van der Waals surface area contributed by atoms with Crippen LogP contribution in [0, 0.1) is 0 Å². The average molecular weight is 462 g/mol. The van der Waals surface area contributed by atoms with E-state index in [0.29, 0.717) is 6.54 Å². The third kappa shape index (κ3) is 7.79. The van der Waals surface area contributed by atoms with Gasteiger partial charge in [0.2, 0.25) is 0 Å². The highest BCUT2D eigenvalue weighted by atomic mass is 127. The fourth-order valence-electron chi connectivity index (χ4n) is 2.69. The molecule has 1 saturated carbocycles. The smallest absolute Gasteiger partial charge is 0.191 e. The van der Waals surface area contributed by atoms with Crippen molar-refractivity contribution in [2.45, 2.75) is 25.4 Å². The van der Waals surface area contributed by atoms with Crippen LogP contribution in [0.5, 0.6) is 5.75 Å². The van der Waals surface area contributed by atoms with Crippen molar-refractivity contribution in [1.29, 1.82) is 0 Å². The molecule has 1 aliphatic rings. The maximum atomic E-state index is 5.38. The number of methoxy groups -OCH3 is 2. The van der Waals surface area contributed by atoms with Crippen molar-refractivity contribution >= 4 is 29.9 Å². The summed E-state index contributed by atoms with van der Waals surface area (Å²) in [5.41, 5.74) is 1.11. The fraction of sp³-hybridized carbons (Fsp3) is 0.611. The summed E-state index contributed by atoms with van der Waals surface area (Å²) >= 11 is 0. The summed E-state index contributed by atoms with van der Waals surface area (Å²) in [4.78, 5) is 6.78. The van der Waals surface area contributed by atoms with Gasteiger partial charge in [-0.3, -0.25) is 9.89 Å². The van der Waals surface area contributed by atoms with Gasteiger partial charge in [0.25, 0.3) is 0 Å². The molecule has 0 unspecified atom stereocenters. The number of halogens is 1. The summed E-state index contributed by atoms with van der Waals surface area (Å²) in [6, 6.07) is 8.75. The van der Waals surface area contributed by atoms with Gasteiger partial charge in [-0.05, 0) is 18.9 Å². The maximum Gasteiger partial charge on any atom is 0.191 e. The third-order valence-corrected chi connectivity index (χ3v) is 4.20. The molecule has 2 rings (SSSR count). The molecule has 0 heterocycles. The van der Waals surface area contributed by atoms with Crippen molar-refractivity contribution in [1.82, 2.24) is 15.5 Å². The van der Waals surface area contributed by atoms with E-state index in [1.165, 1.54) is 12.8 Å². The number of rotatable bonds is 10. The zero-order chi connectivity index (χ0) is 17.2. The normalized spacial score (nSPS) is 14.2. The molecule has 6 nitrogen and oxygen atoms in total. The number of nitrogens with zero attached hydrogens (tertiary/aromatic N) is 2. The van der Waals surface area contributed by atoms with Crippen LogP contribution in [0.4, 0.5) is 0 Å². The zero-order valence-corrected chi connectivity index (χ0v) is 17.8. The van der Waals surface area contributed by atoms with Crippen molar-refractivity contribution in [2.75, 3.05) is 47.5 Å². The van der Waals surface area contributed by atoms with E-state index in [-0.39, 0.29) is 24.0 Å². The van der Waals surface area contributed by atoms with Crippen LogP contribution >= 0.6 is 24.0 Å². The van der Waals surface area contributed by atoms with Gasteiger partial charge in [-0.2, -0.15) is 0 Å². The largest absolute Gasteiger partial charge is 0.496 e. The van der Waals surface area contributed by atoms with E-state index < -0.39 is 0 Å². The lowest BCUT2D eigenvalue weighted by Gasteiger charge is -2.22. The lowest BCUT2D eigenvalue weighted by molar-refractivity contribution is 0.144. The predicted molar refractivity (Wildman–Crippen MR) is 113 cm³/mol. The molecular weight excluding hydrogens is 431 g/mol. The molecule has 142 valence electrons. The Labute approximate surface area is 168 Å². The Kier molecular flexibility index (Phi) is 10.8. The number of para-hydroxylation sites is 1. The van der Waals surface area contributed by atoms with Crippen LogP contribution in [0.15, 0.2) is 29.3 Å². The minimum atomic E-state index is 0. The highest BCUT2D eigenvalue weighted by Crippen LogP contribution is 2.25. The van der Waals surface area contributed by atoms with Gasteiger partial charge in [0.15, 0.2) is 5.96 Å². The molecule has 1 fully saturated rings. The molecule has 0 saturated heterocycles. The van der Waals surface area contributed by atoms with Crippen molar-refractivity contribution < 1.29 is 9.47 Å². The number of aliphatic imine (C=N–C) groups is 1. The van der Waals surface area contributed by atoms with E-state index in [1.807, 2.05) is 18.2 Å². The molecule has 0 spiro atoms. The molecular formula is C18H31IN4O2. The van der Waals surface area contributed by atoms with Crippen LogP contribution in [-0.2, 0) is 11.3 Å². The number of hydrogen-bond donors (Lipinski definition) is 2. The van der Waals surface area contributed by atoms with Gasteiger partial charge in [-0.15, -0.1) is 24.0 Å². The monoisotopic (exact) mass is 462 g/mol. The average Bonchev–Trinajstić information content (AvgIpc) is 3.45. The van der Waals surface area contributed by atoms with E-state index in [1.54, 1.807) is 21.3 Å². The number of benzene rings is 1. The van der Waals surface area contributed by atoms with Crippen LogP contribution in [0.25, 0.3) is 0 Å². The second-order valence-electron chi connectivity index (χ2n) is 5.92. The van der Waals surface area contributed by atoms with Gasteiger partial charge in [-0.1, -0.05) is 18.2 Å². The van der Waals surface area contributed by atoms with Crippen molar-refractivity contribution in [3.63, 3.8) is 0 Å². The number of hydrogen-bond acceptors (Lipinski definition) is 4. The molecule has 0 bridgehead atoms. The van der Waals surface area contributed by atoms with Gasteiger partial charge in [0.1, 0.15) is 5.75 Å². The van der Waals surface area contributed by atoms with E-state index in [4.69, 9.17) is 9.47 Å². The van der Waals surface area contributed by atoms with Crippen LogP contribution in [0.2, 0.25) is 0 Å². The first kappa shape index (κ1) is 22.0. The first-order chi connectivity index (χ1) is 11.8. The van der Waals surface area contributed by atoms with Crippen LogP contribution < -0.4 is 15.4 Å². The first-order valence-electron chi connectivity index (χ1n) is 8.58. The summed E-state index contributed by atoms with van der Waals surface area (Å²) < 4.78 is 10.6. The highest BCUT2D eigenvalue weighted by molar-refractivity contribution is 14.0. The SMILES string of the molecule is CN=C(NCCN(CCOC)C1CC1)NCc1ccccc1OC.I. The molecule has 0 aromatic heterocycles. The Bertz CT molecular complexity index is 524. The lowest BCUT2D eigenvalue weighted by Crippen LogP contribution is -2.42. The van der Waals surface area contributed by atoms with E-state index in [9.17, 15) is 0 Å². The molecule has 1 aromatic carbocycles. The molecule has 0 amide bonds. The Morgan fingerprint density at radius 1 is 1.20 bits per heavy atom. The second-order valence-corrected chi connectivity index (χ2v) is 5.92. The Balaban J connectivity index is 0.00000312. The van der Waals surface area contributed by atoms with Crippen LogP contribution in [0.3, 0.4) is 0 Å². The summed E-state index contributed by atoms with van der Waals surface area (Å²) in [6.07, 6.45) is 2.62. The van der Waals surface area contributed by atoms with Crippen molar-refractivity contribution in [2.24, 2.45) is 4.99 Å². The minimum absolute atomic E-state index is 0. The van der Waals surface area contributed by atoms with Crippen LogP contribution in [-0.4, -0.2) is 64.4 Å². The fourth-order valence-corrected chi connectivity index (χ4v) is 2.69. The van der Waals surface area contributed by atoms with Gasteiger partial charge in [0, 0.05) is 51.9 Å². The summed E-state index contributed by atoms with van der Waals surface area (Å²) in [7, 11) is 5.24. The highest BCUT2D eigenvalue weighted by Gasteiger charge is 2.28. The molecule has 0 radical (unpaired) electrons. The minimum Gasteiger partial charge on any atom is -0.496 e. The van der Waals surface area contributed by atoms with E-state index >= 15 is 0 Å². The summed E-state index contributed by atoms with van der Waals surface area (Å²) in [5.74, 6) is 1.70. The quantitative estimate of drug-likeness (QED) is 0.317. The lowest BCUT2D eigenvalue weighted by atomic mass is 10.2. The van der Waals surface area contributed by atoms with Gasteiger partial charge in [0.05, 0.1) is 13.7 Å². The van der Waals surface area contributed by atoms with Gasteiger partial charge in [-0.25, -0.2) is 0 Å². The number of nitrogens with one attached hydrogen (secondary N) is 2. The predicted octanol–water partition coefficient (Wildman–Crippen LogP) is 2.09. The van der Waals surface area contributed by atoms with Crippen molar-refractivity contribution in [3.8, 4) is 5.75 Å². The van der Waals surface area contributed by atoms with Crippen molar-refractivity contribution in [3.05, 3.63) is 29.8 Å². The molecule has 1 aliphatic carbocycles. The molecule has 1 aromatic rings. The molecule has 25 heavy (non-hydrogen) atoms. The van der Waals surface area contributed by atoms with E-state index in [0.717, 1.165) is 49.6 Å². The molecule has 0 aliphatic heterocycles. The van der Waals surface area contributed by atoms with Crippen LogP contribution in [0.1, 0.15) is 18.4 Å². The van der Waals surface area contributed by atoms with Gasteiger partial charge < -0.3 is 20.1 Å². The maximum absolute atomic E-state index is 5.38. The first-order valence-corrected chi connectivity index (χ1v) is 8.58. The Hall–Kier alpha value is -1.06. The summed E-state index contributed by atoms with van der Waals surface area (Å²) in [6.45, 7) is 4.34. The second kappa shape index (κ2) is 12.3. The topological polar surface area (TPSA) is 58.1 Å². The number of ether oxygens (including phenoxy) is 2.